The van der Waals surface area contributed by atoms with Gasteiger partial charge in [-0.1, -0.05) is 86.8 Å². The third-order valence-corrected chi connectivity index (χ3v) is 3.83. The van der Waals surface area contributed by atoms with Crippen molar-refractivity contribution in [3.63, 3.8) is 0 Å². The molecule has 1 N–H and O–H groups in total. The third-order valence-electron chi connectivity index (χ3n) is 3.83. The summed E-state index contributed by atoms with van der Waals surface area (Å²) in [7, 11) is 0. The predicted octanol–water partition coefficient (Wildman–Crippen LogP) is 4.86. The van der Waals surface area contributed by atoms with E-state index in [0.717, 1.165) is 24.0 Å². The summed E-state index contributed by atoms with van der Waals surface area (Å²) in [6, 6.07) is 20.2. The lowest BCUT2D eigenvalue weighted by Gasteiger charge is -2.20. The molecule has 2 nitrogen and oxygen atoms in total. The van der Waals surface area contributed by atoms with E-state index in [1.54, 1.807) is 0 Å². The zero-order valence-corrected chi connectivity index (χ0v) is 13.3. The van der Waals surface area contributed by atoms with E-state index in [1.807, 2.05) is 36.4 Å². The second-order valence-corrected chi connectivity index (χ2v) is 5.63. The van der Waals surface area contributed by atoms with Crippen molar-refractivity contribution < 1.29 is 4.79 Å². The molecule has 2 heteroatoms. The van der Waals surface area contributed by atoms with Crippen LogP contribution in [-0.2, 0) is 4.79 Å². The number of hydrogen-bond acceptors (Lipinski definition) is 1. The second-order valence-electron chi connectivity index (χ2n) is 5.63. The third kappa shape index (κ3) is 5.03. The molecular weight excluding hydrogens is 270 g/mol. The molecule has 0 saturated carbocycles. The van der Waals surface area contributed by atoms with Crippen molar-refractivity contribution in [1.82, 2.24) is 5.32 Å². The minimum absolute atomic E-state index is 0.0684. The molecule has 2 aromatic rings. The molecule has 0 aromatic heterocycles. The molecule has 0 aliphatic heterocycles. The molecule has 116 valence electrons. The maximum atomic E-state index is 12.3. The molecule has 0 heterocycles. The Morgan fingerprint density at radius 3 is 1.91 bits per heavy atom. The van der Waals surface area contributed by atoms with Crippen molar-refractivity contribution in [2.45, 2.75) is 45.1 Å². The fourth-order valence-electron chi connectivity index (χ4n) is 2.60. The summed E-state index contributed by atoms with van der Waals surface area (Å²) >= 11 is 0. The summed E-state index contributed by atoms with van der Waals surface area (Å²) in [5.74, 6) is 0.133. The fourth-order valence-corrected chi connectivity index (χ4v) is 2.60. The Hall–Kier alpha value is -2.09. The van der Waals surface area contributed by atoms with Crippen LogP contribution >= 0.6 is 0 Å². The van der Waals surface area contributed by atoms with E-state index in [9.17, 15) is 4.79 Å². The van der Waals surface area contributed by atoms with Crippen molar-refractivity contribution >= 4 is 5.91 Å². The predicted molar refractivity (Wildman–Crippen MR) is 91.6 cm³/mol. The zero-order chi connectivity index (χ0) is 15.6. The van der Waals surface area contributed by atoms with Gasteiger partial charge in [-0.3, -0.25) is 4.79 Å². The van der Waals surface area contributed by atoms with Gasteiger partial charge >= 0.3 is 0 Å². The molecule has 0 spiro atoms. The van der Waals surface area contributed by atoms with E-state index >= 15 is 0 Å². The highest BCUT2D eigenvalue weighted by Crippen LogP contribution is 2.22. The first-order valence-corrected chi connectivity index (χ1v) is 8.20. The molecule has 0 radical (unpaired) electrons. The summed E-state index contributed by atoms with van der Waals surface area (Å²) in [4.78, 5) is 12.3. The first kappa shape index (κ1) is 16.3. The minimum atomic E-state index is -0.0684. The number of unbranched alkanes of at least 4 members (excludes halogenated alkanes) is 3. The summed E-state index contributed by atoms with van der Waals surface area (Å²) in [6.07, 6.45) is 5.10. The molecule has 1 amide bonds. The highest BCUT2D eigenvalue weighted by molar-refractivity contribution is 5.77. The van der Waals surface area contributed by atoms with E-state index in [-0.39, 0.29) is 11.9 Å². The first-order valence-electron chi connectivity index (χ1n) is 8.20. The van der Waals surface area contributed by atoms with Crippen LogP contribution in [0.5, 0.6) is 0 Å². The number of nitrogens with one attached hydrogen (secondary N) is 1. The summed E-state index contributed by atoms with van der Waals surface area (Å²) in [5.41, 5.74) is 2.24. The highest BCUT2D eigenvalue weighted by atomic mass is 16.1. The van der Waals surface area contributed by atoms with Crippen LogP contribution in [-0.4, -0.2) is 5.91 Å². The number of benzene rings is 2. The quantitative estimate of drug-likeness (QED) is 0.692. The fraction of sp³-hybridized carbons (Fsp3) is 0.350. The minimum Gasteiger partial charge on any atom is -0.345 e. The maximum absolute atomic E-state index is 12.3. The average molecular weight is 295 g/mol. The monoisotopic (exact) mass is 295 g/mol. The van der Waals surface area contributed by atoms with Crippen LogP contribution in [0.15, 0.2) is 60.7 Å². The van der Waals surface area contributed by atoms with Gasteiger partial charge in [0.1, 0.15) is 0 Å². The Morgan fingerprint density at radius 2 is 1.41 bits per heavy atom. The van der Waals surface area contributed by atoms with Crippen LogP contribution in [0.3, 0.4) is 0 Å². The molecule has 0 atom stereocenters. The van der Waals surface area contributed by atoms with Gasteiger partial charge in [0.15, 0.2) is 0 Å². The van der Waals surface area contributed by atoms with Gasteiger partial charge in [-0.15, -0.1) is 0 Å². The van der Waals surface area contributed by atoms with Gasteiger partial charge in [-0.2, -0.15) is 0 Å². The van der Waals surface area contributed by atoms with Crippen LogP contribution in [0.1, 0.15) is 56.2 Å². The second kappa shape index (κ2) is 9.04. The molecule has 0 saturated heterocycles. The normalized spacial score (nSPS) is 10.6. The lowest BCUT2D eigenvalue weighted by molar-refractivity contribution is -0.121. The summed E-state index contributed by atoms with van der Waals surface area (Å²) in [5, 5.41) is 3.19. The van der Waals surface area contributed by atoms with E-state index in [0.29, 0.717) is 6.42 Å². The van der Waals surface area contributed by atoms with Gasteiger partial charge in [0.2, 0.25) is 5.91 Å². The number of amides is 1. The summed E-state index contributed by atoms with van der Waals surface area (Å²) in [6.45, 7) is 2.18. The number of carbonyl (C=O) groups is 1. The van der Waals surface area contributed by atoms with Crippen molar-refractivity contribution in [1.29, 1.82) is 0 Å². The Balaban J connectivity index is 2.04. The molecule has 0 fully saturated rings. The van der Waals surface area contributed by atoms with Crippen LogP contribution in [0.25, 0.3) is 0 Å². The molecule has 0 bridgehead atoms. The smallest absolute Gasteiger partial charge is 0.220 e. The van der Waals surface area contributed by atoms with Crippen LogP contribution in [0.4, 0.5) is 0 Å². The van der Waals surface area contributed by atoms with Crippen molar-refractivity contribution in [3.8, 4) is 0 Å². The molecule has 0 unspecified atom stereocenters. The van der Waals surface area contributed by atoms with Gasteiger partial charge in [-0.05, 0) is 17.5 Å². The Labute approximate surface area is 133 Å². The van der Waals surface area contributed by atoms with Crippen molar-refractivity contribution in [2.24, 2.45) is 0 Å². The van der Waals surface area contributed by atoms with Crippen molar-refractivity contribution in [3.05, 3.63) is 71.8 Å². The van der Waals surface area contributed by atoms with Gasteiger partial charge in [0.05, 0.1) is 6.04 Å². The Bertz CT molecular complexity index is 511. The molecule has 22 heavy (non-hydrogen) atoms. The van der Waals surface area contributed by atoms with Crippen LogP contribution in [0, 0.1) is 0 Å². The molecule has 0 aliphatic rings. The largest absolute Gasteiger partial charge is 0.345 e. The molecule has 2 aromatic carbocycles. The number of carbonyl (C=O) groups excluding carboxylic acids is 1. The summed E-state index contributed by atoms with van der Waals surface area (Å²) < 4.78 is 0. The van der Waals surface area contributed by atoms with Gasteiger partial charge in [0.25, 0.3) is 0 Å². The SMILES string of the molecule is CCCCCCC(=O)NC(c1ccccc1)c1ccccc1. The van der Waals surface area contributed by atoms with Gasteiger partial charge < -0.3 is 5.32 Å². The topological polar surface area (TPSA) is 29.1 Å². The molecule has 2 rings (SSSR count). The lowest BCUT2D eigenvalue weighted by atomic mass is 9.98. The first-order chi connectivity index (χ1) is 10.8. The highest BCUT2D eigenvalue weighted by Gasteiger charge is 2.15. The van der Waals surface area contributed by atoms with Crippen molar-refractivity contribution in [2.75, 3.05) is 0 Å². The van der Waals surface area contributed by atoms with Gasteiger partial charge in [-0.25, -0.2) is 0 Å². The number of hydrogen-bond donors (Lipinski definition) is 1. The maximum Gasteiger partial charge on any atom is 0.220 e. The Kier molecular flexibility index (Phi) is 6.69. The molecular formula is C20H25NO. The Morgan fingerprint density at radius 1 is 0.864 bits per heavy atom. The van der Waals surface area contributed by atoms with Gasteiger partial charge in [0, 0.05) is 6.42 Å². The van der Waals surface area contributed by atoms with Crippen LogP contribution in [0.2, 0.25) is 0 Å². The molecule has 0 aliphatic carbocycles. The van der Waals surface area contributed by atoms with Crippen LogP contribution < -0.4 is 5.32 Å². The zero-order valence-electron chi connectivity index (χ0n) is 13.3. The average Bonchev–Trinajstić information content (AvgIpc) is 2.58. The van der Waals surface area contributed by atoms with E-state index in [2.05, 4.69) is 36.5 Å². The lowest BCUT2D eigenvalue weighted by Crippen LogP contribution is -2.29. The van der Waals surface area contributed by atoms with E-state index in [4.69, 9.17) is 0 Å². The van der Waals surface area contributed by atoms with E-state index in [1.165, 1.54) is 12.8 Å². The standard InChI is InChI=1S/C20H25NO/c1-2-3-4-11-16-19(22)21-20(17-12-7-5-8-13-17)18-14-9-6-10-15-18/h5-10,12-15,20H,2-4,11,16H2,1H3,(H,21,22). The number of rotatable bonds is 8. The van der Waals surface area contributed by atoms with E-state index < -0.39 is 0 Å².